The number of alkyl carbamates (subject to hydrolysis) is 1. The Hall–Kier alpha value is -3.55. The summed E-state index contributed by atoms with van der Waals surface area (Å²) < 4.78 is 5.48. The first-order chi connectivity index (χ1) is 19.7. The van der Waals surface area contributed by atoms with Gasteiger partial charge in [-0.1, -0.05) is 82.9 Å². The number of nitrogens with zero attached hydrogens (tertiary/aromatic N) is 1. The van der Waals surface area contributed by atoms with Gasteiger partial charge in [-0.25, -0.2) is 4.79 Å². The standard InChI is InChI=1S/C34H51N3O5/c1-9-10-11-12-15-21-37(32(40)27(22-23(2)3)35-33(41)42-34(6,7)8)30(26-19-13-14-20-28(26)38)31(39)36-29-24(4)17-16-18-25(29)5/h13-14,16-20,23,27,30,38H,9-12,15,21-22H2,1-8H3,(H,35,41)(H,36,39). The van der Waals surface area contributed by atoms with Crippen LogP contribution in [0.4, 0.5) is 10.5 Å². The number of hydrogen-bond acceptors (Lipinski definition) is 5. The van der Waals surface area contributed by atoms with Gasteiger partial charge in [-0.3, -0.25) is 9.59 Å². The van der Waals surface area contributed by atoms with Crippen molar-refractivity contribution in [1.29, 1.82) is 0 Å². The fraction of sp³-hybridized carbons (Fsp3) is 0.559. The molecule has 2 aromatic rings. The Labute approximate surface area is 252 Å². The largest absolute Gasteiger partial charge is 0.508 e. The molecule has 0 aromatic heterocycles. The van der Waals surface area contributed by atoms with Gasteiger partial charge in [0.2, 0.25) is 5.91 Å². The number of anilines is 1. The lowest BCUT2D eigenvalue weighted by Crippen LogP contribution is -2.53. The summed E-state index contributed by atoms with van der Waals surface area (Å²) in [5.41, 5.74) is 2.03. The zero-order valence-electron chi connectivity index (χ0n) is 26.8. The Morgan fingerprint density at radius 1 is 0.929 bits per heavy atom. The zero-order valence-corrected chi connectivity index (χ0v) is 26.8. The quantitative estimate of drug-likeness (QED) is 0.201. The van der Waals surface area contributed by atoms with E-state index < -0.39 is 35.6 Å². The number of ether oxygens (including phenoxy) is 1. The van der Waals surface area contributed by atoms with Crippen molar-refractivity contribution in [3.8, 4) is 5.75 Å². The number of aromatic hydroxyl groups is 1. The lowest BCUT2D eigenvalue weighted by atomic mass is 9.97. The van der Waals surface area contributed by atoms with Crippen LogP contribution in [0.25, 0.3) is 0 Å². The molecule has 8 nitrogen and oxygen atoms in total. The molecule has 0 saturated carbocycles. The molecule has 0 aliphatic carbocycles. The van der Waals surface area contributed by atoms with Gasteiger partial charge in [-0.15, -0.1) is 0 Å². The number of carbonyl (C=O) groups is 3. The molecule has 0 aliphatic rings. The fourth-order valence-electron chi connectivity index (χ4n) is 4.97. The average molecular weight is 582 g/mol. The van der Waals surface area contributed by atoms with E-state index in [0.29, 0.717) is 24.1 Å². The Bertz CT molecular complexity index is 1170. The van der Waals surface area contributed by atoms with Gasteiger partial charge in [0.25, 0.3) is 5.91 Å². The maximum absolute atomic E-state index is 14.4. The zero-order chi connectivity index (χ0) is 31.4. The van der Waals surface area contributed by atoms with Gasteiger partial charge in [-0.2, -0.15) is 0 Å². The third kappa shape index (κ3) is 10.7. The van der Waals surface area contributed by atoms with Crippen LogP contribution in [0.1, 0.15) is 103 Å². The van der Waals surface area contributed by atoms with Crippen LogP contribution in [-0.2, 0) is 14.3 Å². The number of phenols is 1. The summed E-state index contributed by atoms with van der Waals surface area (Å²) in [6.07, 6.45) is 4.41. The summed E-state index contributed by atoms with van der Waals surface area (Å²) >= 11 is 0. The highest BCUT2D eigenvalue weighted by Crippen LogP contribution is 2.32. The first-order valence-electron chi connectivity index (χ1n) is 15.2. The highest BCUT2D eigenvalue weighted by Gasteiger charge is 2.37. The molecule has 0 spiro atoms. The van der Waals surface area contributed by atoms with Crippen molar-refractivity contribution < 1.29 is 24.2 Å². The average Bonchev–Trinajstić information content (AvgIpc) is 2.88. The summed E-state index contributed by atoms with van der Waals surface area (Å²) in [5.74, 6) is -0.831. The van der Waals surface area contributed by atoms with E-state index in [9.17, 15) is 19.5 Å². The van der Waals surface area contributed by atoms with E-state index in [1.807, 2.05) is 45.9 Å². The lowest BCUT2D eigenvalue weighted by molar-refractivity contribution is -0.141. The molecule has 2 atom stereocenters. The number of aryl methyl sites for hydroxylation is 2. The van der Waals surface area contributed by atoms with Gasteiger partial charge in [0, 0.05) is 17.8 Å². The van der Waals surface area contributed by atoms with Crippen LogP contribution >= 0.6 is 0 Å². The van der Waals surface area contributed by atoms with Crippen LogP contribution in [0, 0.1) is 19.8 Å². The molecular formula is C34H51N3O5. The minimum atomic E-state index is -1.13. The number of nitrogens with one attached hydrogen (secondary N) is 2. The van der Waals surface area contributed by atoms with E-state index in [-0.39, 0.29) is 18.2 Å². The molecule has 2 unspecified atom stereocenters. The second-order valence-electron chi connectivity index (χ2n) is 12.5. The summed E-state index contributed by atoms with van der Waals surface area (Å²) in [4.78, 5) is 42.9. The van der Waals surface area contributed by atoms with Crippen molar-refractivity contribution in [3.05, 3.63) is 59.2 Å². The monoisotopic (exact) mass is 581 g/mol. The number of carbonyl (C=O) groups excluding carboxylic acids is 3. The molecular weight excluding hydrogens is 530 g/mol. The third-order valence-electron chi connectivity index (χ3n) is 7.00. The molecule has 42 heavy (non-hydrogen) atoms. The highest BCUT2D eigenvalue weighted by molar-refractivity contribution is 6.00. The molecule has 8 heteroatoms. The van der Waals surface area contributed by atoms with E-state index >= 15 is 0 Å². The first-order valence-corrected chi connectivity index (χ1v) is 15.2. The van der Waals surface area contributed by atoms with E-state index in [0.717, 1.165) is 36.8 Å². The summed E-state index contributed by atoms with van der Waals surface area (Å²) in [5, 5.41) is 16.7. The van der Waals surface area contributed by atoms with Crippen molar-refractivity contribution in [2.75, 3.05) is 11.9 Å². The van der Waals surface area contributed by atoms with Crippen LogP contribution in [0.5, 0.6) is 5.75 Å². The molecule has 0 fully saturated rings. The van der Waals surface area contributed by atoms with Gasteiger partial charge >= 0.3 is 6.09 Å². The molecule has 0 saturated heterocycles. The van der Waals surface area contributed by atoms with Crippen LogP contribution in [0.2, 0.25) is 0 Å². The lowest BCUT2D eigenvalue weighted by Gasteiger charge is -2.35. The van der Waals surface area contributed by atoms with Crippen LogP contribution in [-0.4, -0.2) is 46.1 Å². The summed E-state index contributed by atoms with van der Waals surface area (Å²) in [6.45, 7) is 15.5. The SMILES string of the molecule is CCCCCCCN(C(=O)C(CC(C)C)NC(=O)OC(C)(C)C)C(C(=O)Nc1c(C)cccc1C)c1ccccc1O. The van der Waals surface area contributed by atoms with Crippen molar-refractivity contribution in [2.45, 2.75) is 112 Å². The van der Waals surface area contributed by atoms with Gasteiger partial charge in [-0.05, 0) is 70.6 Å². The van der Waals surface area contributed by atoms with Crippen LogP contribution in [0.15, 0.2) is 42.5 Å². The smallest absolute Gasteiger partial charge is 0.408 e. The third-order valence-corrected chi connectivity index (χ3v) is 7.00. The number of unbranched alkanes of at least 4 members (excludes halogenated alkanes) is 4. The number of amides is 3. The normalized spacial score (nSPS) is 12.9. The number of phenolic OH excluding ortho intramolecular Hbond substituents is 1. The predicted molar refractivity (Wildman–Crippen MR) is 168 cm³/mol. The second-order valence-corrected chi connectivity index (χ2v) is 12.5. The Kier molecular flexibility index (Phi) is 13.4. The number of benzene rings is 2. The van der Waals surface area contributed by atoms with Crippen molar-refractivity contribution in [3.63, 3.8) is 0 Å². The number of rotatable bonds is 14. The second kappa shape index (κ2) is 16.2. The molecule has 3 amide bonds. The van der Waals surface area contributed by atoms with Crippen molar-refractivity contribution in [2.24, 2.45) is 5.92 Å². The number of para-hydroxylation sites is 2. The van der Waals surface area contributed by atoms with Crippen molar-refractivity contribution in [1.82, 2.24) is 10.2 Å². The molecule has 2 aromatic carbocycles. The summed E-state index contributed by atoms with van der Waals surface area (Å²) in [6, 6.07) is 10.3. The minimum absolute atomic E-state index is 0.0762. The molecule has 232 valence electrons. The first kappa shape index (κ1) is 34.7. The van der Waals surface area contributed by atoms with E-state index in [1.165, 1.54) is 11.0 Å². The Morgan fingerprint density at radius 2 is 1.55 bits per heavy atom. The highest BCUT2D eigenvalue weighted by atomic mass is 16.6. The maximum atomic E-state index is 14.4. The van der Waals surface area contributed by atoms with Gasteiger partial charge in [0.1, 0.15) is 23.4 Å². The molecule has 0 heterocycles. The topological polar surface area (TPSA) is 108 Å². The molecule has 0 radical (unpaired) electrons. The van der Waals surface area contributed by atoms with Crippen LogP contribution < -0.4 is 10.6 Å². The van der Waals surface area contributed by atoms with E-state index in [1.54, 1.807) is 39.0 Å². The Balaban J connectivity index is 2.58. The van der Waals surface area contributed by atoms with Gasteiger partial charge < -0.3 is 25.4 Å². The minimum Gasteiger partial charge on any atom is -0.508 e. The molecule has 0 bridgehead atoms. The molecule has 2 rings (SSSR count). The Morgan fingerprint density at radius 3 is 2.12 bits per heavy atom. The van der Waals surface area contributed by atoms with Gasteiger partial charge in [0.15, 0.2) is 0 Å². The van der Waals surface area contributed by atoms with Gasteiger partial charge in [0.05, 0.1) is 0 Å². The molecule has 0 aliphatic heterocycles. The predicted octanol–water partition coefficient (Wildman–Crippen LogP) is 7.43. The molecule has 3 N–H and O–H groups in total. The van der Waals surface area contributed by atoms with Crippen molar-refractivity contribution >= 4 is 23.6 Å². The van der Waals surface area contributed by atoms with E-state index in [2.05, 4.69) is 17.6 Å². The fourth-order valence-corrected chi connectivity index (χ4v) is 4.97. The summed E-state index contributed by atoms with van der Waals surface area (Å²) in [7, 11) is 0. The number of hydrogen-bond donors (Lipinski definition) is 3. The maximum Gasteiger partial charge on any atom is 0.408 e. The van der Waals surface area contributed by atoms with Crippen LogP contribution in [0.3, 0.4) is 0 Å². The van der Waals surface area contributed by atoms with E-state index in [4.69, 9.17) is 4.74 Å².